The third-order valence-electron chi connectivity index (χ3n) is 4.29. The van der Waals surface area contributed by atoms with Crippen molar-refractivity contribution in [3.8, 4) is 0 Å². The SMILES string of the molecule is CSCCC(NC(=O)c1ccccc1Br)C(=O)N(C)Cc1c(C)noc1C. The summed E-state index contributed by atoms with van der Waals surface area (Å²) in [5.74, 6) is 1.06. The number of halogens is 1. The standard InChI is InChI=1S/C19H24BrN3O3S/c1-12-15(13(2)26-22-12)11-23(3)19(25)17(9-10-27-4)21-18(24)14-7-5-6-8-16(14)20/h5-8,17H,9-11H2,1-4H3,(H,21,24). The van der Waals surface area contributed by atoms with Gasteiger partial charge in [-0.1, -0.05) is 17.3 Å². The van der Waals surface area contributed by atoms with Gasteiger partial charge in [0.15, 0.2) is 0 Å². The number of benzene rings is 1. The van der Waals surface area contributed by atoms with Crippen LogP contribution in [0.4, 0.5) is 0 Å². The lowest BCUT2D eigenvalue weighted by atomic mass is 10.1. The van der Waals surface area contributed by atoms with Gasteiger partial charge in [0, 0.05) is 17.1 Å². The van der Waals surface area contributed by atoms with Crippen LogP contribution in [-0.2, 0) is 11.3 Å². The number of aryl methyl sites for hydroxylation is 2. The van der Waals surface area contributed by atoms with Crippen molar-refractivity contribution in [3.05, 3.63) is 51.3 Å². The number of nitrogens with zero attached hydrogens (tertiary/aromatic N) is 2. The summed E-state index contributed by atoms with van der Waals surface area (Å²) in [6.45, 7) is 4.07. The van der Waals surface area contributed by atoms with Crippen molar-refractivity contribution < 1.29 is 14.1 Å². The number of hydrogen-bond acceptors (Lipinski definition) is 5. The van der Waals surface area contributed by atoms with Crippen LogP contribution in [0.15, 0.2) is 33.3 Å². The minimum Gasteiger partial charge on any atom is -0.361 e. The Morgan fingerprint density at radius 1 is 1.33 bits per heavy atom. The quantitative estimate of drug-likeness (QED) is 0.660. The van der Waals surface area contributed by atoms with E-state index in [9.17, 15) is 9.59 Å². The predicted molar refractivity (Wildman–Crippen MR) is 111 cm³/mol. The van der Waals surface area contributed by atoms with Gasteiger partial charge in [-0.2, -0.15) is 11.8 Å². The van der Waals surface area contributed by atoms with E-state index in [1.54, 1.807) is 41.9 Å². The largest absolute Gasteiger partial charge is 0.361 e. The molecule has 1 aromatic carbocycles. The Morgan fingerprint density at radius 3 is 2.63 bits per heavy atom. The maximum absolute atomic E-state index is 13.0. The van der Waals surface area contributed by atoms with Gasteiger partial charge in [-0.25, -0.2) is 0 Å². The van der Waals surface area contributed by atoms with Gasteiger partial charge in [0.05, 0.1) is 17.8 Å². The molecule has 1 unspecified atom stereocenters. The molecule has 2 rings (SSSR count). The Kier molecular flexibility index (Phi) is 7.91. The number of thioether (sulfide) groups is 1. The average molecular weight is 454 g/mol. The Bertz CT molecular complexity index is 790. The van der Waals surface area contributed by atoms with E-state index in [1.807, 2.05) is 26.2 Å². The molecule has 0 aliphatic carbocycles. The van der Waals surface area contributed by atoms with Crippen LogP contribution in [0.3, 0.4) is 0 Å². The van der Waals surface area contributed by atoms with E-state index >= 15 is 0 Å². The molecule has 0 radical (unpaired) electrons. The first-order valence-electron chi connectivity index (χ1n) is 8.56. The topological polar surface area (TPSA) is 75.4 Å². The zero-order valence-electron chi connectivity index (χ0n) is 15.9. The van der Waals surface area contributed by atoms with Gasteiger partial charge in [0.2, 0.25) is 5.91 Å². The highest BCUT2D eigenvalue weighted by Crippen LogP contribution is 2.18. The van der Waals surface area contributed by atoms with Gasteiger partial charge in [-0.15, -0.1) is 0 Å². The maximum Gasteiger partial charge on any atom is 0.253 e. The predicted octanol–water partition coefficient (Wildman–Crippen LogP) is 3.56. The van der Waals surface area contributed by atoms with Crippen molar-refractivity contribution in [1.82, 2.24) is 15.4 Å². The first-order chi connectivity index (χ1) is 12.8. The highest BCUT2D eigenvalue weighted by molar-refractivity contribution is 9.10. The molecule has 6 nitrogen and oxygen atoms in total. The second-order valence-corrected chi connectivity index (χ2v) is 8.12. The Hall–Kier alpha value is -1.80. The summed E-state index contributed by atoms with van der Waals surface area (Å²) in [6, 6.07) is 6.57. The third kappa shape index (κ3) is 5.59. The van der Waals surface area contributed by atoms with Gasteiger partial charge in [0.1, 0.15) is 11.8 Å². The number of carbonyl (C=O) groups excluding carboxylic acids is 2. The van der Waals surface area contributed by atoms with Crippen molar-refractivity contribution in [1.29, 1.82) is 0 Å². The Labute approximate surface area is 172 Å². The zero-order chi connectivity index (χ0) is 20.0. The molecule has 2 aromatic rings. The van der Waals surface area contributed by atoms with E-state index in [0.29, 0.717) is 28.8 Å². The van der Waals surface area contributed by atoms with Crippen LogP contribution in [0.1, 0.15) is 33.8 Å². The first kappa shape index (κ1) is 21.5. The molecule has 1 atom stereocenters. The summed E-state index contributed by atoms with van der Waals surface area (Å²) < 4.78 is 5.87. The molecule has 0 saturated carbocycles. The molecular weight excluding hydrogens is 430 g/mol. The van der Waals surface area contributed by atoms with E-state index in [1.165, 1.54) is 0 Å². The first-order valence-corrected chi connectivity index (χ1v) is 10.7. The van der Waals surface area contributed by atoms with Crippen LogP contribution in [0.2, 0.25) is 0 Å². The molecular formula is C19H24BrN3O3S. The van der Waals surface area contributed by atoms with Crippen LogP contribution in [0.5, 0.6) is 0 Å². The number of carbonyl (C=O) groups is 2. The minimum absolute atomic E-state index is 0.135. The van der Waals surface area contributed by atoms with Crippen molar-refractivity contribution in [2.75, 3.05) is 19.1 Å². The fourth-order valence-electron chi connectivity index (χ4n) is 2.68. The van der Waals surface area contributed by atoms with Crippen molar-refractivity contribution in [3.63, 3.8) is 0 Å². The zero-order valence-corrected chi connectivity index (χ0v) is 18.3. The second kappa shape index (κ2) is 9.94. The smallest absolute Gasteiger partial charge is 0.253 e. The lowest BCUT2D eigenvalue weighted by Gasteiger charge is -2.24. The molecule has 146 valence electrons. The molecule has 0 aliphatic heterocycles. The number of hydrogen-bond donors (Lipinski definition) is 1. The van der Waals surface area contributed by atoms with Crippen molar-refractivity contribution in [2.45, 2.75) is 32.9 Å². The van der Waals surface area contributed by atoms with E-state index in [2.05, 4.69) is 26.4 Å². The van der Waals surface area contributed by atoms with Crippen LogP contribution in [0, 0.1) is 13.8 Å². The molecule has 1 N–H and O–H groups in total. The van der Waals surface area contributed by atoms with E-state index in [4.69, 9.17) is 4.52 Å². The monoisotopic (exact) mass is 453 g/mol. The lowest BCUT2D eigenvalue weighted by Crippen LogP contribution is -2.47. The highest BCUT2D eigenvalue weighted by Gasteiger charge is 2.26. The molecule has 27 heavy (non-hydrogen) atoms. The lowest BCUT2D eigenvalue weighted by molar-refractivity contribution is -0.132. The molecule has 0 bridgehead atoms. The summed E-state index contributed by atoms with van der Waals surface area (Å²) in [4.78, 5) is 27.2. The highest BCUT2D eigenvalue weighted by atomic mass is 79.9. The number of nitrogens with one attached hydrogen (secondary N) is 1. The summed E-state index contributed by atoms with van der Waals surface area (Å²) in [5.41, 5.74) is 2.17. The van der Waals surface area contributed by atoms with E-state index in [0.717, 1.165) is 17.0 Å². The molecule has 8 heteroatoms. The number of amides is 2. The molecule has 1 aromatic heterocycles. The molecule has 2 amide bonds. The summed E-state index contributed by atoms with van der Waals surface area (Å²) in [5, 5.41) is 6.82. The minimum atomic E-state index is -0.595. The fourth-order valence-corrected chi connectivity index (χ4v) is 3.62. The normalized spacial score (nSPS) is 11.9. The van der Waals surface area contributed by atoms with Crippen LogP contribution < -0.4 is 5.32 Å². The molecule has 0 fully saturated rings. The summed E-state index contributed by atoms with van der Waals surface area (Å²) in [6.07, 6.45) is 2.53. The Morgan fingerprint density at radius 2 is 2.04 bits per heavy atom. The molecule has 0 spiro atoms. The van der Waals surface area contributed by atoms with Gasteiger partial charge in [-0.3, -0.25) is 9.59 Å². The van der Waals surface area contributed by atoms with Gasteiger partial charge in [0.25, 0.3) is 5.91 Å². The molecule has 0 saturated heterocycles. The van der Waals surface area contributed by atoms with Crippen LogP contribution >= 0.6 is 27.7 Å². The molecule has 0 aliphatic rings. The maximum atomic E-state index is 13.0. The van der Waals surface area contributed by atoms with Gasteiger partial charge >= 0.3 is 0 Å². The average Bonchev–Trinajstić information content (AvgIpc) is 2.96. The second-order valence-electron chi connectivity index (χ2n) is 6.28. The number of aromatic nitrogens is 1. The van der Waals surface area contributed by atoms with Crippen LogP contribution in [0.25, 0.3) is 0 Å². The molecule has 1 heterocycles. The van der Waals surface area contributed by atoms with Gasteiger partial charge in [-0.05, 0) is 60.3 Å². The van der Waals surface area contributed by atoms with Crippen LogP contribution in [-0.4, -0.2) is 47.0 Å². The van der Waals surface area contributed by atoms with Crippen molar-refractivity contribution >= 4 is 39.5 Å². The van der Waals surface area contributed by atoms with Crippen molar-refractivity contribution in [2.24, 2.45) is 0 Å². The fraction of sp³-hybridized carbons (Fsp3) is 0.421. The van der Waals surface area contributed by atoms with E-state index < -0.39 is 6.04 Å². The number of likely N-dealkylation sites (N-methyl/N-ethyl adjacent to an activating group) is 1. The number of rotatable bonds is 8. The third-order valence-corrected chi connectivity index (χ3v) is 5.62. The van der Waals surface area contributed by atoms with E-state index in [-0.39, 0.29) is 11.8 Å². The summed E-state index contributed by atoms with van der Waals surface area (Å²) >= 11 is 5.02. The summed E-state index contributed by atoms with van der Waals surface area (Å²) in [7, 11) is 1.73. The Balaban J connectivity index is 2.13. The van der Waals surface area contributed by atoms with Gasteiger partial charge < -0.3 is 14.7 Å².